The third-order valence-corrected chi connectivity index (χ3v) is 3.31. The van der Waals surface area contributed by atoms with Crippen LogP contribution in [0.25, 0.3) is 0 Å². The quantitative estimate of drug-likeness (QED) is 0.831. The van der Waals surface area contributed by atoms with Crippen molar-refractivity contribution in [2.75, 3.05) is 7.11 Å². The second kappa shape index (κ2) is 5.83. The van der Waals surface area contributed by atoms with Crippen LogP contribution < -0.4 is 0 Å². The maximum absolute atomic E-state index is 11.2. The third kappa shape index (κ3) is 2.46. The summed E-state index contributed by atoms with van der Waals surface area (Å²) in [5.74, 6) is 0. The van der Waals surface area contributed by atoms with Crippen LogP contribution in [0.15, 0.2) is 73.3 Å². The molecule has 0 radical (unpaired) electrons. The van der Waals surface area contributed by atoms with Gasteiger partial charge in [0.1, 0.15) is 11.7 Å². The van der Waals surface area contributed by atoms with Crippen molar-refractivity contribution < 1.29 is 9.84 Å². The number of hydrogen-bond acceptors (Lipinski definition) is 2. The fourth-order valence-corrected chi connectivity index (χ4v) is 2.32. The van der Waals surface area contributed by atoms with Crippen molar-refractivity contribution in [3.63, 3.8) is 0 Å². The van der Waals surface area contributed by atoms with Crippen LogP contribution in [0.5, 0.6) is 0 Å². The van der Waals surface area contributed by atoms with Crippen molar-refractivity contribution in [1.82, 2.24) is 0 Å². The first kappa shape index (κ1) is 13.5. The van der Waals surface area contributed by atoms with Crippen molar-refractivity contribution in [1.29, 1.82) is 0 Å². The van der Waals surface area contributed by atoms with Gasteiger partial charge in [-0.25, -0.2) is 0 Å². The van der Waals surface area contributed by atoms with Gasteiger partial charge < -0.3 is 9.84 Å². The highest BCUT2D eigenvalue weighted by atomic mass is 16.5. The fraction of sp³-hybridized carbons (Fsp3) is 0.176. The highest BCUT2D eigenvalue weighted by Crippen LogP contribution is 2.34. The van der Waals surface area contributed by atoms with Crippen LogP contribution in [0.1, 0.15) is 11.1 Å². The van der Waals surface area contributed by atoms with Gasteiger partial charge in [0, 0.05) is 7.11 Å². The maximum atomic E-state index is 11.2. The summed E-state index contributed by atoms with van der Waals surface area (Å²) in [5.41, 5.74) is 0.333. The van der Waals surface area contributed by atoms with Crippen LogP contribution in [0.2, 0.25) is 0 Å². The van der Waals surface area contributed by atoms with Gasteiger partial charge in [0.05, 0.1) is 0 Å². The van der Waals surface area contributed by atoms with Gasteiger partial charge in [-0.15, -0.1) is 6.58 Å². The molecule has 1 unspecified atom stereocenters. The average molecular weight is 254 g/mol. The summed E-state index contributed by atoms with van der Waals surface area (Å²) in [5, 5.41) is 11.2. The van der Waals surface area contributed by atoms with E-state index in [2.05, 4.69) is 6.58 Å². The van der Waals surface area contributed by atoms with E-state index in [1.54, 1.807) is 13.2 Å². The molecule has 2 aromatic rings. The summed E-state index contributed by atoms with van der Waals surface area (Å²) in [4.78, 5) is 0. The van der Waals surface area contributed by atoms with Gasteiger partial charge in [0.15, 0.2) is 0 Å². The minimum absolute atomic E-state index is 0.516. The average Bonchev–Trinajstić information content (AvgIpc) is 2.50. The predicted molar refractivity (Wildman–Crippen MR) is 76.9 cm³/mol. The van der Waals surface area contributed by atoms with Gasteiger partial charge in [0.2, 0.25) is 0 Å². The first-order valence-electron chi connectivity index (χ1n) is 6.22. The number of aliphatic hydroxyl groups is 1. The second-order valence-electron chi connectivity index (χ2n) is 4.39. The lowest BCUT2D eigenvalue weighted by molar-refractivity contribution is -0.0461. The Bertz CT molecular complexity index is 480. The molecule has 2 nitrogen and oxygen atoms in total. The third-order valence-electron chi connectivity index (χ3n) is 3.31. The molecule has 19 heavy (non-hydrogen) atoms. The minimum Gasteiger partial charge on any atom is -0.377 e. The van der Waals surface area contributed by atoms with E-state index in [0.717, 1.165) is 11.1 Å². The summed E-state index contributed by atoms with van der Waals surface area (Å²) in [6.07, 6.45) is 1.11. The minimum atomic E-state index is -1.24. The van der Waals surface area contributed by atoms with Crippen molar-refractivity contribution in [3.8, 4) is 0 Å². The van der Waals surface area contributed by atoms with Crippen LogP contribution in [-0.2, 0) is 10.3 Å². The Morgan fingerprint density at radius 2 is 1.42 bits per heavy atom. The van der Waals surface area contributed by atoms with E-state index < -0.39 is 11.7 Å². The molecular formula is C17H18O2. The van der Waals surface area contributed by atoms with Crippen LogP contribution in [0, 0.1) is 0 Å². The molecule has 2 aromatic carbocycles. The van der Waals surface area contributed by atoms with Gasteiger partial charge in [-0.1, -0.05) is 66.7 Å². The number of hydrogen-bond donors (Lipinski definition) is 1. The molecule has 0 amide bonds. The summed E-state index contributed by atoms with van der Waals surface area (Å²) in [6.45, 7) is 3.76. The van der Waals surface area contributed by atoms with Crippen LogP contribution >= 0.6 is 0 Å². The molecule has 0 saturated heterocycles. The molecule has 1 N–H and O–H groups in total. The van der Waals surface area contributed by atoms with E-state index in [0.29, 0.717) is 0 Å². The largest absolute Gasteiger partial charge is 0.377 e. The van der Waals surface area contributed by atoms with Crippen molar-refractivity contribution in [2.24, 2.45) is 0 Å². The fourth-order valence-electron chi connectivity index (χ4n) is 2.32. The molecule has 1 atom stereocenters. The maximum Gasteiger partial charge on any atom is 0.144 e. The normalized spacial score (nSPS) is 12.9. The van der Waals surface area contributed by atoms with E-state index in [4.69, 9.17) is 4.74 Å². The monoisotopic (exact) mass is 254 g/mol. The van der Waals surface area contributed by atoms with Crippen molar-refractivity contribution >= 4 is 0 Å². The Morgan fingerprint density at radius 1 is 1.00 bits per heavy atom. The van der Waals surface area contributed by atoms with E-state index in [9.17, 15) is 5.11 Å². The highest BCUT2D eigenvalue weighted by Gasteiger charge is 2.38. The predicted octanol–water partition coefficient (Wildman–Crippen LogP) is 3.12. The van der Waals surface area contributed by atoms with Gasteiger partial charge >= 0.3 is 0 Å². The Labute approximate surface area is 114 Å². The van der Waals surface area contributed by atoms with E-state index in [-0.39, 0.29) is 0 Å². The van der Waals surface area contributed by atoms with E-state index in [1.165, 1.54) is 0 Å². The molecule has 0 spiro atoms. The molecule has 0 bridgehead atoms. The van der Waals surface area contributed by atoms with Crippen LogP contribution in [0.4, 0.5) is 0 Å². The van der Waals surface area contributed by atoms with Crippen LogP contribution in [0.3, 0.4) is 0 Å². The summed E-state index contributed by atoms with van der Waals surface area (Å²) >= 11 is 0. The van der Waals surface area contributed by atoms with Gasteiger partial charge in [-0.05, 0) is 11.1 Å². The molecule has 0 saturated carbocycles. The van der Waals surface area contributed by atoms with E-state index in [1.807, 2.05) is 60.7 Å². The summed E-state index contributed by atoms with van der Waals surface area (Å²) in [6, 6.07) is 19.0. The van der Waals surface area contributed by atoms with Gasteiger partial charge in [-0.2, -0.15) is 0 Å². The Kier molecular flexibility index (Phi) is 4.15. The molecule has 0 aliphatic rings. The molecule has 98 valence electrons. The Hall–Kier alpha value is -1.90. The summed E-state index contributed by atoms with van der Waals surface area (Å²) in [7, 11) is 1.57. The molecule has 0 aromatic heterocycles. The topological polar surface area (TPSA) is 29.5 Å². The lowest BCUT2D eigenvalue weighted by atomic mass is 9.81. The van der Waals surface area contributed by atoms with Crippen molar-refractivity contribution in [3.05, 3.63) is 84.4 Å². The first-order chi connectivity index (χ1) is 9.23. The van der Waals surface area contributed by atoms with Crippen LogP contribution in [-0.4, -0.2) is 18.3 Å². The zero-order valence-corrected chi connectivity index (χ0v) is 11.0. The molecule has 0 heterocycles. The smallest absolute Gasteiger partial charge is 0.144 e. The number of rotatable bonds is 5. The summed E-state index contributed by atoms with van der Waals surface area (Å²) < 4.78 is 5.41. The van der Waals surface area contributed by atoms with E-state index >= 15 is 0 Å². The molecule has 2 rings (SSSR count). The molecule has 0 aliphatic heterocycles. The number of benzene rings is 2. The van der Waals surface area contributed by atoms with Gasteiger partial charge in [-0.3, -0.25) is 0 Å². The Balaban J connectivity index is 2.60. The van der Waals surface area contributed by atoms with Gasteiger partial charge in [0.25, 0.3) is 0 Å². The first-order valence-corrected chi connectivity index (χ1v) is 6.22. The lowest BCUT2D eigenvalue weighted by Gasteiger charge is -2.34. The lowest BCUT2D eigenvalue weighted by Crippen LogP contribution is -2.40. The number of ether oxygens (including phenoxy) is 1. The molecule has 2 heteroatoms. The second-order valence-corrected chi connectivity index (χ2v) is 4.39. The number of methoxy groups -OCH3 is 1. The zero-order valence-electron chi connectivity index (χ0n) is 11.0. The Morgan fingerprint density at radius 3 is 1.74 bits per heavy atom. The van der Waals surface area contributed by atoms with Crippen molar-refractivity contribution in [2.45, 2.75) is 11.7 Å². The highest BCUT2D eigenvalue weighted by molar-refractivity contribution is 5.38. The molecule has 0 fully saturated rings. The SMILES string of the molecule is C=CC(OC)C(O)(c1ccccc1)c1ccccc1. The standard InChI is InChI=1S/C17H18O2/c1-3-16(19-2)17(18,14-10-6-4-7-11-14)15-12-8-5-9-13-15/h3-13,16,18H,1H2,2H3. The molecular weight excluding hydrogens is 236 g/mol. The zero-order chi connectivity index (χ0) is 13.7. The molecule has 0 aliphatic carbocycles.